The molecule has 2 rings (SSSR count). The number of hydrogen-bond donors (Lipinski definition) is 1. The highest BCUT2D eigenvalue weighted by Crippen LogP contribution is 2.22. The lowest BCUT2D eigenvalue weighted by molar-refractivity contribution is 0.175. The van der Waals surface area contributed by atoms with E-state index in [1.54, 1.807) is 0 Å². The van der Waals surface area contributed by atoms with E-state index in [4.69, 9.17) is 0 Å². The molecule has 1 N–H and O–H groups in total. The second-order valence-corrected chi connectivity index (χ2v) is 6.41. The van der Waals surface area contributed by atoms with E-state index in [-0.39, 0.29) is 0 Å². The lowest BCUT2D eigenvalue weighted by Crippen LogP contribution is -2.43. The fourth-order valence-electron chi connectivity index (χ4n) is 2.45. The predicted octanol–water partition coefficient (Wildman–Crippen LogP) is 2.33. The average molecular weight is 255 g/mol. The Kier molecular flexibility index (Phi) is 5.16. The van der Waals surface area contributed by atoms with Gasteiger partial charge in [0.25, 0.3) is 0 Å². The van der Waals surface area contributed by atoms with Crippen LogP contribution in [-0.4, -0.2) is 47.5 Å². The van der Waals surface area contributed by atoms with E-state index in [2.05, 4.69) is 29.1 Å². The quantitative estimate of drug-likeness (QED) is 0.835. The van der Waals surface area contributed by atoms with Crippen LogP contribution in [0.3, 0.4) is 0 Å². The van der Waals surface area contributed by atoms with Gasteiger partial charge in [0.1, 0.15) is 0 Å². The van der Waals surface area contributed by atoms with Crippen LogP contribution in [0.1, 0.15) is 39.5 Å². The van der Waals surface area contributed by atoms with Crippen molar-refractivity contribution < 1.29 is 0 Å². The van der Waals surface area contributed by atoms with Gasteiger partial charge in [0.05, 0.1) is 6.54 Å². The normalized spacial score (nSPS) is 27.9. The molecule has 17 heavy (non-hydrogen) atoms. The fraction of sp³-hybridized carbons (Fsp3) is 0.923. The van der Waals surface area contributed by atoms with Crippen molar-refractivity contribution in [2.75, 3.05) is 26.2 Å². The van der Waals surface area contributed by atoms with Crippen LogP contribution in [0.25, 0.3) is 0 Å². The zero-order valence-electron chi connectivity index (χ0n) is 11.1. The summed E-state index contributed by atoms with van der Waals surface area (Å²) in [4.78, 5) is 7.16. The summed E-state index contributed by atoms with van der Waals surface area (Å²) in [5, 5.41) is 5.39. The largest absolute Gasteiger partial charge is 0.363 e. The first kappa shape index (κ1) is 13.2. The third kappa shape index (κ3) is 3.88. The number of thioether (sulfide) groups is 1. The molecule has 2 aliphatic rings. The van der Waals surface area contributed by atoms with E-state index in [9.17, 15) is 0 Å². The van der Waals surface area contributed by atoms with Crippen LogP contribution in [0.5, 0.6) is 0 Å². The van der Waals surface area contributed by atoms with Crippen molar-refractivity contribution in [2.24, 2.45) is 4.99 Å². The number of amidine groups is 1. The number of rotatable bonds is 4. The van der Waals surface area contributed by atoms with Crippen LogP contribution in [0.2, 0.25) is 0 Å². The Balaban J connectivity index is 1.67. The van der Waals surface area contributed by atoms with Crippen LogP contribution in [0.4, 0.5) is 0 Å². The van der Waals surface area contributed by atoms with Crippen molar-refractivity contribution in [1.82, 2.24) is 10.2 Å². The molecule has 3 nitrogen and oxygen atoms in total. The molecular formula is C13H25N3S. The minimum atomic E-state index is 0.638. The average Bonchev–Trinajstić information content (AvgIpc) is 2.85. The predicted molar refractivity (Wildman–Crippen MR) is 76.9 cm³/mol. The molecule has 0 spiro atoms. The number of nitrogens with one attached hydrogen (secondary N) is 1. The molecule has 0 amide bonds. The van der Waals surface area contributed by atoms with Crippen LogP contribution >= 0.6 is 11.8 Å². The molecule has 0 aromatic carbocycles. The minimum Gasteiger partial charge on any atom is -0.363 e. The highest BCUT2D eigenvalue weighted by Gasteiger charge is 2.20. The SMILES string of the molecule is CCC1CN=C(NCC(C)N2CCCCC2)S1. The first-order valence-corrected chi connectivity index (χ1v) is 7.86. The molecule has 0 aromatic rings. The Hall–Kier alpha value is -0.220. The highest BCUT2D eigenvalue weighted by atomic mass is 32.2. The lowest BCUT2D eigenvalue weighted by atomic mass is 10.1. The molecule has 1 fully saturated rings. The van der Waals surface area contributed by atoms with Gasteiger partial charge in [0, 0.05) is 17.8 Å². The van der Waals surface area contributed by atoms with Crippen molar-refractivity contribution in [2.45, 2.75) is 50.8 Å². The zero-order chi connectivity index (χ0) is 12.1. The molecule has 0 saturated carbocycles. The van der Waals surface area contributed by atoms with E-state index in [1.807, 2.05) is 11.8 Å². The lowest BCUT2D eigenvalue weighted by Gasteiger charge is -2.32. The van der Waals surface area contributed by atoms with Crippen molar-refractivity contribution in [3.05, 3.63) is 0 Å². The Morgan fingerprint density at radius 1 is 1.41 bits per heavy atom. The van der Waals surface area contributed by atoms with Gasteiger partial charge in [-0.1, -0.05) is 25.1 Å². The van der Waals surface area contributed by atoms with E-state index in [0.29, 0.717) is 11.3 Å². The fourth-order valence-corrected chi connectivity index (χ4v) is 3.40. The van der Waals surface area contributed by atoms with Gasteiger partial charge in [-0.3, -0.25) is 9.89 Å². The van der Waals surface area contributed by atoms with Crippen molar-refractivity contribution in [3.8, 4) is 0 Å². The van der Waals surface area contributed by atoms with Gasteiger partial charge in [-0.2, -0.15) is 0 Å². The van der Waals surface area contributed by atoms with Crippen LogP contribution < -0.4 is 5.32 Å². The van der Waals surface area contributed by atoms with Gasteiger partial charge in [0.15, 0.2) is 5.17 Å². The summed E-state index contributed by atoms with van der Waals surface area (Å²) < 4.78 is 0. The molecule has 2 aliphatic heterocycles. The molecule has 0 radical (unpaired) electrons. The molecule has 2 heterocycles. The molecular weight excluding hydrogens is 230 g/mol. The maximum atomic E-state index is 4.56. The molecule has 98 valence electrons. The van der Waals surface area contributed by atoms with Crippen LogP contribution in [0.15, 0.2) is 4.99 Å². The summed E-state index contributed by atoms with van der Waals surface area (Å²) in [6, 6.07) is 0.638. The summed E-state index contributed by atoms with van der Waals surface area (Å²) in [5.41, 5.74) is 0. The number of aliphatic imine (C=N–C) groups is 1. The Morgan fingerprint density at radius 2 is 2.18 bits per heavy atom. The van der Waals surface area contributed by atoms with Gasteiger partial charge >= 0.3 is 0 Å². The van der Waals surface area contributed by atoms with E-state index in [0.717, 1.165) is 13.1 Å². The van der Waals surface area contributed by atoms with E-state index >= 15 is 0 Å². The van der Waals surface area contributed by atoms with E-state index < -0.39 is 0 Å². The van der Waals surface area contributed by atoms with Gasteiger partial charge in [-0.15, -0.1) is 0 Å². The Bertz CT molecular complexity index is 261. The highest BCUT2D eigenvalue weighted by molar-refractivity contribution is 8.14. The minimum absolute atomic E-state index is 0.638. The van der Waals surface area contributed by atoms with E-state index in [1.165, 1.54) is 43.9 Å². The summed E-state index contributed by atoms with van der Waals surface area (Å²) in [5.74, 6) is 0. The summed E-state index contributed by atoms with van der Waals surface area (Å²) >= 11 is 1.92. The Morgan fingerprint density at radius 3 is 2.82 bits per heavy atom. The van der Waals surface area contributed by atoms with Crippen molar-refractivity contribution in [3.63, 3.8) is 0 Å². The third-order valence-corrected chi connectivity index (χ3v) is 5.05. The van der Waals surface area contributed by atoms with Gasteiger partial charge in [-0.25, -0.2) is 0 Å². The number of piperidine rings is 1. The van der Waals surface area contributed by atoms with Crippen molar-refractivity contribution >= 4 is 16.9 Å². The van der Waals surface area contributed by atoms with Gasteiger partial charge in [0.2, 0.25) is 0 Å². The first-order chi connectivity index (χ1) is 8.29. The van der Waals surface area contributed by atoms with Gasteiger partial charge < -0.3 is 5.32 Å². The zero-order valence-corrected chi connectivity index (χ0v) is 11.9. The summed E-state index contributed by atoms with van der Waals surface area (Å²) in [6.07, 6.45) is 5.38. The third-order valence-electron chi connectivity index (χ3n) is 3.73. The maximum Gasteiger partial charge on any atom is 0.156 e. The van der Waals surface area contributed by atoms with Crippen LogP contribution in [0, 0.1) is 0 Å². The Labute approximate surface area is 109 Å². The molecule has 4 heteroatoms. The standard InChI is InChI=1S/C13H25N3S/c1-3-12-10-15-13(17-12)14-9-11(2)16-7-5-4-6-8-16/h11-12H,3-10H2,1-2H3,(H,14,15). The molecule has 1 saturated heterocycles. The number of hydrogen-bond acceptors (Lipinski definition) is 4. The topological polar surface area (TPSA) is 27.6 Å². The number of likely N-dealkylation sites (tertiary alicyclic amines) is 1. The van der Waals surface area contributed by atoms with Gasteiger partial charge in [-0.05, 0) is 39.3 Å². The first-order valence-electron chi connectivity index (χ1n) is 6.98. The monoisotopic (exact) mass is 255 g/mol. The summed E-state index contributed by atoms with van der Waals surface area (Å²) in [6.45, 7) is 9.17. The number of nitrogens with zero attached hydrogens (tertiary/aromatic N) is 2. The van der Waals surface area contributed by atoms with Crippen molar-refractivity contribution in [1.29, 1.82) is 0 Å². The molecule has 0 aromatic heterocycles. The second kappa shape index (κ2) is 6.64. The molecule has 0 bridgehead atoms. The summed E-state index contributed by atoms with van der Waals surface area (Å²) in [7, 11) is 0. The molecule has 2 unspecified atom stereocenters. The second-order valence-electron chi connectivity index (χ2n) is 5.12. The maximum absolute atomic E-state index is 4.56. The smallest absolute Gasteiger partial charge is 0.156 e. The van der Waals surface area contributed by atoms with Crippen LogP contribution in [-0.2, 0) is 0 Å². The molecule has 2 atom stereocenters. The molecule has 0 aliphatic carbocycles.